The lowest BCUT2D eigenvalue weighted by atomic mass is 9.92. The van der Waals surface area contributed by atoms with Gasteiger partial charge in [-0.15, -0.1) is 0 Å². The van der Waals surface area contributed by atoms with Gasteiger partial charge in [-0.25, -0.2) is 9.59 Å². The first-order valence-corrected chi connectivity index (χ1v) is 13.5. The maximum Gasteiger partial charge on any atom is 0.333 e. The molecule has 1 aliphatic heterocycles. The summed E-state index contributed by atoms with van der Waals surface area (Å²) in [4.78, 5) is 73.5. The molecule has 40 heavy (non-hydrogen) atoms. The number of carbonyl (C=O) groups excluding carboxylic acids is 5. The minimum atomic E-state index is -2.18. The van der Waals surface area contributed by atoms with E-state index in [0.717, 1.165) is 0 Å². The van der Waals surface area contributed by atoms with E-state index in [-0.39, 0.29) is 25.7 Å². The number of aliphatic carboxylic acids is 1. The minimum absolute atomic E-state index is 0.000987. The molecular formula is C27H40O13. The molecule has 0 aromatic carbocycles. The van der Waals surface area contributed by atoms with Crippen LogP contribution >= 0.6 is 0 Å². The first-order chi connectivity index (χ1) is 18.9. The zero-order valence-electron chi connectivity index (χ0n) is 23.7. The van der Waals surface area contributed by atoms with Crippen molar-refractivity contribution in [1.29, 1.82) is 0 Å². The van der Waals surface area contributed by atoms with E-state index in [2.05, 4.69) is 0 Å². The van der Waals surface area contributed by atoms with Crippen LogP contribution in [-0.4, -0.2) is 77.7 Å². The Hall–Kier alpha value is -3.48. The molecule has 1 saturated heterocycles. The van der Waals surface area contributed by atoms with Gasteiger partial charge in [0.25, 0.3) is 5.79 Å². The average molecular weight is 573 g/mol. The number of ether oxygens (including phenoxy) is 6. The van der Waals surface area contributed by atoms with Crippen molar-refractivity contribution in [2.75, 3.05) is 6.61 Å². The summed E-state index contributed by atoms with van der Waals surface area (Å²) in [6, 6.07) is 0. The highest BCUT2D eigenvalue weighted by molar-refractivity contribution is 5.91. The monoisotopic (exact) mass is 572 g/mol. The maximum atomic E-state index is 12.7. The molecule has 226 valence electrons. The molecule has 1 heterocycles. The fourth-order valence-electron chi connectivity index (χ4n) is 3.83. The lowest BCUT2D eigenvalue weighted by Gasteiger charge is -2.48. The van der Waals surface area contributed by atoms with Crippen LogP contribution in [0.15, 0.2) is 12.2 Å². The van der Waals surface area contributed by atoms with Crippen molar-refractivity contribution in [3.8, 4) is 0 Å². The van der Waals surface area contributed by atoms with Crippen LogP contribution in [0.4, 0.5) is 0 Å². The highest BCUT2D eigenvalue weighted by Gasteiger charge is 2.60. The summed E-state index contributed by atoms with van der Waals surface area (Å²) in [5.74, 6) is -7.51. The standard InChI is InChI=1S/C27H40O13/c1-6-10-19(30)35-16-17-24(36-20(31)11-7-2)25(37-21(32)12-8-3)26(38-22(33)13-9-4)27(5,39-17)40-23(34)15-14-18(28)29/h14-15,17,24-26H,6-13,16H2,1-5H3,(H,28,29)/b15-14+/t17-,24-,25+,26-,27-/m1/s1. The van der Waals surface area contributed by atoms with Gasteiger partial charge in [0.2, 0.25) is 6.10 Å². The van der Waals surface area contributed by atoms with E-state index in [1.807, 2.05) is 0 Å². The Morgan fingerprint density at radius 1 is 0.725 bits per heavy atom. The first kappa shape index (κ1) is 34.5. The molecule has 0 saturated carbocycles. The maximum absolute atomic E-state index is 12.7. The summed E-state index contributed by atoms with van der Waals surface area (Å²) in [6.45, 7) is 7.71. The molecule has 0 aromatic rings. The Kier molecular flexibility index (Phi) is 14.9. The van der Waals surface area contributed by atoms with Crippen LogP contribution in [0.1, 0.15) is 86.0 Å². The molecule has 1 fully saturated rings. The zero-order chi connectivity index (χ0) is 30.3. The number of rotatable bonds is 16. The Morgan fingerprint density at radius 3 is 1.70 bits per heavy atom. The fraction of sp³-hybridized carbons (Fsp3) is 0.704. The molecule has 5 atom stereocenters. The second-order valence-corrected chi connectivity index (χ2v) is 9.27. The van der Waals surface area contributed by atoms with Crippen molar-refractivity contribution in [2.45, 2.75) is 116 Å². The predicted molar refractivity (Wildman–Crippen MR) is 136 cm³/mol. The van der Waals surface area contributed by atoms with Gasteiger partial charge < -0.3 is 33.5 Å². The Bertz CT molecular complexity index is 927. The third-order valence-electron chi connectivity index (χ3n) is 5.57. The number of hydrogen-bond acceptors (Lipinski definition) is 12. The highest BCUT2D eigenvalue weighted by Crippen LogP contribution is 2.37. The van der Waals surface area contributed by atoms with Gasteiger partial charge in [-0.1, -0.05) is 27.7 Å². The molecule has 13 nitrogen and oxygen atoms in total. The molecule has 0 amide bonds. The van der Waals surface area contributed by atoms with Gasteiger partial charge in [-0.2, -0.15) is 0 Å². The summed E-state index contributed by atoms with van der Waals surface area (Å²) < 4.78 is 33.6. The van der Waals surface area contributed by atoms with E-state index in [1.165, 1.54) is 6.92 Å². The minimum Gasteiger partial charge on any atom is -0.478 e. The van der Waals surface area contributed by atoms with Crippen LogP contribution in [0.3, 0.4) is 0 Å². The quantitative estimate of drug-likeness (QED) is 0.162. The molecule has 0 unspecified atom stereocenters. The Balaban J connectivity index is 3.64. The lowest BCUT2D eigenvalue weighted by Crippen LogP contribution is -2.68. The third-order valence-corrected chi connectivity index (χ3v) is 5.57. The molecule has 0 bridgehead atoms. The van der Waals surface area contributed by atoms with Gasteiger partial charge in [-0.3, -0.25) is 19.2 Å². The van der Waals surface area contributed by atoms with Crippen molar-refractivity contribution in [3.05, 3.63) is 12.2 Å². The topological polar surface area (TPSA) is 178 Å². The fourth-order valence-corrected chi connectivity index (χ4v) is 3.83. The van der Waals surface area contributed by atoms with Crippen LogP contribution < -0.4 is 0 Å². The van der Waals surface area contributed by atoms with E-state index >= 15 is 0 Å². The number of carboxylic acid groups (broad SMARTS) is 1. The van der Waals surface area contributed by atoms with Crippen LogP contribution in [0, 0.1) is 0 Å². The van der Waals surface area contributed by atoms with E-state index in [0.29, 0.717) is 37.8 Å². The van der Waals surface area contributed by atoms with Gasteiger partial charge in [-0.05, 0) is 25.7 Å². The average Bonchev–Trinajstić information content (AvgIpc) is 2.86. The van der Waals surface area contributed by atoms with Gasteiger partial charge in [0.1, 0.15) is 12.7 Å². The number of esters is 5. The van der Waals surface area contributed by atoms with Gasteiger partial charge in [0, 0.05) is 44.8 Å². The van der Waals surface area contributed by atoms with Crippen molar-refractivity contribution in [3.63, 3.8) is 0 Å². The van der Waals surface area contributed by atoms with Crippen molar-refractivity contribution >= 4 is 35.8 Å². The normalized spacial score (nSPS) is 24.1. The molecule has 1 rings (SSSR count). The third kappa shape index (κ3) is 11.3. The van der Waals surface area contributed by atoms with Gasteiger partial charge >= 0.3 is 35.8 Å². The lowest BCUT2D eigenvalue weighted by molar-refractivity contribution is -0.346. The van der Waals surface area contributed by atoms with Crippen LogP contribution in [0.2, 0.25) is 0 Å². The van der Waals surface area contributed by atoms with E-state index in [1.54, 1.807) is 27.7 Å². The van der Waals surface area contributed by atoms with Crippen LogP contribution in [-0.2, 0) is 57.2 Å². The largest absolute Gasteiger partial charge is 0.478 e. The summed E-state index contributed by atoms with van der Waals surface area (Å²) >= 11 is 0. The molecule has 0 aromatic heterocycles. The summed E-state index contributed by atoms with van der Waals surface area (Å²) in [5, 5.41) is 8.87. The van der Waals surface area contributed by atoms with E-state index < -0.39 is 72.6 Å². The zero-order valence-corrected chi connectivity index (χ0v) is 23.7. The van der Waals surface area contributed by atoms with Gasteiger partial charge in [0.05, 0.1) is 0 Å². The second-order valence-electron chi connectivity index (χ2n) is 9.27. The molecular weight excluding hydrogens is 532 g/mol. The second kappa shape index (κ2) is 17.3. The predicted octanol–water partition coefficient (Wildman–Crippen LogP) is 2.76. The van der Waals surface area contributed by atoms with Gasteiger partial charge in [0.15, 0.2) is 12.2 Å². The molecule has 0 spiro atoms. The Morgan fingerprint density at radius 2 is 1.20 bits per heavy atom. The smallest absolute Gasteiger partial charge is 0.333 e. The molecule has 1 aliphatic rings. The molecule has 13 heteroatoms. The molecule has 0 aliphatic carbocycles. The number of hydrogen-bond donors (Lipinski definition) is 1. The first-order valence-electron chi connectivity index (χ1n) is 13.5. The van der Waals surface area contributed by atoms with E-state index in [9.17, 15) is 28.8 Å². The van der Waals surface area contributed by atoms with Crippen LogP contribution in [0.5, 0.6) is 0 Å². The SMILES string of the molecule is CCCC(=O)OC[C@H]1O[C@](C)(OC(=O)/C=C/C(=O)O)[C@H](OC(=O)CCC)[C@@H](OC(=O)CCC)[C@@H]1OC(=O)CCC. The Labute approximate surface area is 233 Å². The van der Waals surface area contributed by atoms with Crippen LogP contribution in [0.25, 0.3) is 0 Å². The van der Waals surface area contributed by atoms with Crippen molar-refractivity contribution in [1.82, 2.24) is 0 Å². The van der Waals surface area contributed by atoms with E-state index in [4.69, 9.17) is 33.5 Å². The number of carbonyl (C=O) groups is 6. The summed E-state index contributed by atoms with van der Waals surface area (Å²) in [6.07, 6.45) is -3.03. The number of carboxylic acids is 1. The molecule has 1 N–H and O–H groups in total. The van der Waals surface area contributed by atoms with Crippen molar-refractivity contribution in [2.24, 2.45) is 0 Å². The highest BCUT2D eigenvalue weighted by atomic mass is 16.8. The van der Waals surface area contributed by atoms with Crippen molar-refractivity contribution < 1.29 is 62.3 Å². The summed E-state index contributed by atoms with van der Waals surface area (Å²) in [5.41, 5.74) is 0. The molecule has 0 radical (unpaired) electrons. The summed E-state index contributed by atoms with van der Waals surface area (Å²) in [7, 11) is 0.